The molecule has 1 aromatic heterocycles. The predicted octanol–water partition coefficient (Wildman–Crippen LogP) is 3.49. The summed E-state index contributed by atoms with van der Waals surface area (Å²) < 4.78 is 2.63. The molecule has 72 valence electrons. The summed E-state index contributed by atoms with van der Waals surface area (Å²) in [5, 5.41) is 9.78. The van der Waals surface area contributed by atoms with Crippen LogP contribution in [0.2, 0.25) is 0 Å². The molecule has 0 bridgehead atoms. The van der Waals surface area contributed by atoms with E-state index in [1.54, 1.807) is 0 Å². The molecule has 14 heavy (non-hydrogen) atoms. The fourth-order valence-electron chi connectivity index (χ4n) is 1.28. The maximum Gasteiger partial charge on any atom is 0.338 e. The molecule has 0 fully saturated rings. The molecule has 1 N–H and O–H groups in total. The molecule has 0 unspecified atom stereocenters. The van der Waals surface area contributed by atoms with Crippen molar-refractivity contribution in [3.8, 4) is 0 Å². The Hall–Kier alpha value is -0.270. The van der Waals surface area contributed by atoms with Gasteiger partial charge in [0.25, 0.3) is 0 Å². The summed E-state index contributed by atoms with van der Waals surface area (Å²) in [6, 6.07) is 5.63. The number of hydrogen-bond donors (Lipinski definition) is 2. The number of thiol groups is 1. The molecule has 0 saturated heterocycles. The van der Waals surface area contributed by atoms with Gasteiger partial charge in [0.2, 0.25) is 0 Å². The lowest BCUT2D eigenvalue weighted by Crippen LogP contribution is -1.94. The zero-order valence-corrected chi connectivity index (χ0v) is 10.7. The molecule has 1 heterocycles. The monoisotopic (exact) mass is 336 g/mol. The number of benzene rings is 1. The molecular formula is C9H5IO2S2. The Balaban J connectivity index is 2.90. The Morgan fingerprint density at radius 2 is 2.21 bits per heavy atom. The number of hydrogen-bond acceptors (Lipinski definition) is 3. The van der Waals surface area contributed by atoms with Crippen LogP contribution in [0.15, 0.2) is 22.4 Å². The number of fused-ring (bicyclic) bond motifs is 1. The van der Waals surface area contributed by atoms with Crippen molar-refractivity contribution >= 4 is 62.6 Å². The number of halogens is 1. The van der Waals surface area contributed by atoms with Crippen molar-refractivity contribution in [3.05, 3.63) is 27.3 Å². The molecule has 0 spiro atoms. The Morgan fingerprint density at radius 1 is 1.50 bits per heavy atom. The molecule has 0 atom stereocenters. The van der Waals surface area contributed by atoms with Crippen molar-refractivity contribution in [2.75, 3.05) is 0 Å². The maximum absolute atomic E-state index is 11.0. The predicted molar refractivity (Wildman–Crippen MR) is 68.8 cm³/mol. The van der Waals surface area contributed by atoms with Crippen LogP contribution in [0.25, 0.3) is 10.1 Å². The lowest BCUT2D eigenvalue weighted by molar-refractivity contribution is 0.0696. The van der Waals surface area contributed by atoms with Gasteiger partial charge in [0, 0.05) is 13.7 Å². The third-order valence-corrected chi connectivity index (χ3v) is 4.67. The largest absolute Gasteiger partial charge is 0.478 e. The van der Waals surface area contributed by atoms with Crippen LogP contribution in [0, 0.1) is 3.57 Å². The number of carboxylic acids is 1. The lowest BCUT2D eigenvalue weighted by Gasteiger charge is -1.94. The minimum Gasteiger partial charge on any atom is -0.478 e. The first-order valence-electron chi connectivity index (χ1n) is 3.74. The second-order valence-electron chi connectivity index (χ2n) is 2.70. The van der Waals surface area contributed by atoms with E-state index in [-0.39, 0.29) is 0 Å². The summed E-state index contributed by atoms with van der Waals surface area (Å²) >= 11 is 7.78. The van der Waals surface area contributed by atoms with E-state index >= 15 is 0 Å². The highest BCUT2D eigenvalue weighted by atomic mass is 127. The van der Waals surface area contributed by atoms with Crippen LogP contribution in [0.1, 0.15) is 10.4 Å². The zero-order chi connectivity index (χ0) is 10.3. The highest BCUT2D eigenvalue weighted by Crippen LogP contribution is 2.36. The van der Waals surface area contributed by atoms with Crippen molar-refractivity contribution in [2.24, 2.45) is 0 Å². The van der Waals surface area contributed by atoms with Crippen molar-refractivity contribution in [3.63, 3.8) is 0 Å². The summed E-state index contributed by atoms with van der Waals surface area (Å²) in [7, 11) is 0. The zero-order valence-electron chi connectivity index (χ0n) is 6.82. The van der Waals surface area contributed by atoms with E-state index in [0.29, 0.717) is 9.77 Å². The van der Waals surface area contributed by atoms with Crippen LogP contribution < -0.4 is 0 Å². The molecule has 5 heteroatoms. The number of carboxylic acid groups (broad SMARTS) is 1. The number of thiophene rings is 1. The standard InChI is InChI=1S/C9H5IO2S2/c10-5-3-1-2-4-6(8(11)12)9(13)14-7(4)5/h1-3,13H,(H,11,12). The number of aromatic carboxylic acids is 1. The highest BCUT2D eigenvalue weighted by molar-refractivity contribution is 14.1. The topological polar surface area (TPSA) is 37.3 Å². The average molecular weight is 336 g/mol. The van der Waals surface area contributed by atoms with Crippen molar-refractivity contribution < 1.29 is 9.90 Å². The molecule has 2 rings (SSSR count). The van der Waals surface area contributed by atoms with Crippen molar-refractivity contribution in [1.29, 1.82) is 0 Å². The number of rotatable bonds is 1. The summed E-state index contributed by atoms with van der Waals surface area (Å²) in [6.07, 6.45) is 0. The fraction of sp³-hybridized carbons (Fsp3) is 0. The average Bonchev–Trinajstić information content (AvgIpc) is 2.42. The molecule has 0 aliphatic rings. The van der Waals surface area contributed by atoms with E-state index in [1.165, 1.54) is 11.3 Å². The van der Waals surface area contributed by atoms with Gasteiger partial charge in [-0.3, -0.25) is 0 Å². The number of carbonyl (C=O) groups is 1. The van der Waals surface area contributed by atoms with Gasteiger partial charge in [-0.25, -0.2) is 4.79 Å². The van der Waals surface area contributed by atoms with E-state index < -0.39 is 5.97 Å². The van der Waals surface area contributed by atoms with Gasteiger partial charge in [0.15, 0.2) is 0 Å². The Labute approximate surface area is 103 Å². The van der Waals surface area contributed by atoms with Gasteiger partial charge in [-0.1, -0.05) is 12.1 Å². The minimum atomic E-state index is -0.914. The Kier molecular flexibility index (Phi) is 2.72. The van der Waals surface area contributed by atoms with Crippen LogP contribution in [0.4, 0.5) is 0 Å². The molecule has 0 aliphatic carbocycles. The minimum absolute atomic E-state index is 0.312. The van der Waals surface area contributed by atoms with E-state index in [9.17, 15) is 4.79 Å². The maximum atomic E-state index is 11.0. The molecule has 0 radical (unpaired) electrons. The molecule has 0 amide bonds. The SMILES string of the molecule is O=C(O)c1c(S)sc2c(I)cccc12. The van der Waals surface area contributed by atoms with Crippen LogP contribution >= 0.6 is 46.6 Å². The summed E-state index contributed by atoms with van der Waals surface area (Å²) in [5.74, 6) is -0.914. The highest BCUT2D eigenvalue weighted by Gasteiger charge is 2.16. The molecule has 1 aromatic carbocycles. The van der Waals surface area contributed by atoms with E-state index in [2.05, 4.69) is 35.2 Å². The van der Waals surface area contributed by atoms with Crippen LogP contribution in [-0.4, -0.2) is 11.1 Å². The van der Waals surface area contributed by atoms with Gasteiger partial charge >= 0.3 is 5.97 Å². The molecule has 2 nitrogen and oxygen atoms in total. The van der Waals surface area contributed by atoms with Gasteiger partial charge in [0.1, 0.15) is 0 Å². The Bertz CT molecular complexity index is 519. The quantitative estimate of drug-likeness (QED) is 0.618. The first kappa shape index (κ1) is 10.3. The first-order valence-corrected chi connectivity index (χ1v) is 6.09. The molecule has 2 aromatic rings. The summed E-state index contributed by atoms with van der Waals surface area (Å²) in [6.45, 7) is 0. The smallest absolute Gasteiger partial charge is 0.338 e. The van der Waals surface area contributed by atoms with Gasteiger partial charge < -0.3 is 5.11 Å². The van der Waals surface area contributed by atoms with Crippen LogP contribution in [0.5, 0.6) is 0 Å². The van der Waals surface area contributed by atoms with Crippen LogP contribution in [-0.2, 0) is 0 Å². The fourth-order valence-corrected chi connectivity index (χ4v) is 3.54. The van der Waals surface area contributed by atoms with E-state index in [4.69, 9.17) is 5.11 Å². The molecule has 0 aliphatic heterocycles. The first-order chi connectivity index (χ1) is 6.61. The molecule has 0 saturated carbocycles. The lowest BCUT2D eigenvalue weighted by atomic mass is 10.2. The third-order valence-electron chi connectivity index (χ3n) is 1.86. The third kappa shape index (κ3) is 1.53. The second-order valence-corrected chi connectivity index (χ2v) is 5.64. The Morgan fingerprint density at radius 3 is 2.86 bits per heavy atom. The molecular weight excluding hydrogens is 331 g/mol. The van der Waals surface area contributed by atoms with Crippen molar-refractivity contribution in [1.82, 2.24) is 0 Å². The van der Waals surface area contributed by atoms with Gasteiger partial charge in [-0.05, 0) is 28.7 Å². The summed E-state index contributed by atoms with van der Waals surface area (Å²) in [5.41, 5.74) is 0.312. The van der Waals surface area contributed by atoms with Gasteiger partial charge in [-0.2, -0.15) is 0 Å². The van der Waals surface area contributed by atoms with E-state index in [0.717, 1.165) is 13.7 Å². The second kappa shape index (κ2) is 3.71. The summed E-state index contributed by atoms with van der Waals surface area (Å²) in [4.78, 5) is 11.0. The van der Waals surface area contributed by atoms with E-state index in [1.807, 2.05) is 18.2 Å². The van der Waals surface area contributed by atoms with Gasteiger partial charge in [0.05, 0.1) is 9.77 Å². The van der Waals surface area contributed by atoms with Crippen molar-refractivity contribution in [2.45, 2.75) is 4.21 Å². The van der Waals surface area contributed by atoms with Crippen LogP contribution in [0.3, 0.4) is 0 Å². The van der Waals surface area contributed by atoms with Gasteiger partial charge in [-0.15, -0.1) is 24.0 Å². The normalized spacial score (nSPS) is 10.7.